The van der Waals surface area contributed by atoms with Crippen LogP contribution < -0.4 is 0 Å². The van der Waals surface area contributed by atoms with E-state index in [0.717, 1.165) is 19.3 Å². The van der Waals surface area contributed by atoms with Crippen molar-refractivity contribution in [2.75, 3.05) is 14.1 Å². The number of alkyl halides is 3. The SMILES string of the molecule is CN(C)C(=S)[C@]1(OC(=O)C(F)(F)F)C[C@H]2CC[C@@H]1C2. The van der Waals surface area contributed by atoms with Crippen molar-refractivity contribution in [1.82, 2.24) is 4.90 Å². The molecule has 2 saturated carbocycles. The molecule has 2 aliphatic carbocycles. The Morgan fingerprint density at radius 1 is 1.37 bits per heavy atom. The summed E-state index contributed by atoms with van der Waals surface area (Å²) in [6.07, 6.45) is -2.03. The van der Waals surface area contributed by atoms with Crippen molar-refractivity contribution in [3.8, 4) is 0 Å². The molecular weight excluding hydrogens is 279 g/mol. The smallest absolute Gasteiger partial charge is 0.445 e. The van der Waals surface area contributed by atoms with E-state index in [2.05, 4.69) is 0 Å². The second-order valence-electron chi connectivity index (χ2n) is 5.56. The molecule has 0 aromatic heterocycles. The lowest BCUT2D eigenvalue weighted by atomic mass is 9.83. The highest BCUT2D eigenvalue weighted by Crippen LogP contribution is 2.54. The van der Waals surface area contributed by atoms with Gasteiger partial charge in [-0.3, -0.25) is 0 Å². The van der Waals surface area contributed by atoms with Gasteiger partial charge >= 0.3 is 12.1 Å². The van der Waals surface area contributed by atoms with Gasteiger partial charge in [0.15, 0.2) is 5.60 Å². The molecule has 0 heterocycles. The fourth-order valence-corrected chi connectivity index (χ4v) is 3.60. The molecule has 2 fully saturated rings. The summed E-state index contributed by atoms with van der Waals surface area (Å²) in [7, 11) is 3.33. The Labute approximate surface area is 115 Å². The van der Waals surface area contributed by atoms with Gasteiger partial charge < -0.3 is 9.64 Å². The van der Waals surface area contributed by atoms with Gasteiger partial charge in [0.1, 0.15) is 4.99 Å². The average molecular weight is 295 g/mol. The first-order valence-electron chi connectivity index (χ1n) is 6.18. The molecule has 19 heavy (non-hydrogen) atoms. The van der Waals surface area contributed by atoms with E-state index in [9.17, 15) is 18.0 Å². The minimum Gasteiger partial charge on any atom is -0.445 e. The molecule has 0 N–H and O–H groups in total. The highest BCUT2D eigenvalue weighted by Gasteiger charge is 2.59. The summed E-state index contributed by atoms with van der Waals surface area (Å²) in [4.78, 5) is 13.1. The zero-order valence-electron chi connectivity index (χ0n) is 10.8. The average Bonchev–Trinajstić information content (AvgIpc) is 2.87. The first-order chi connectivity index (χ1) is 8.67. The van der Waals surface area contributed by atoms with E-state index < -0.39 is 17.7 Å². The molecule has 0 saturated heterocycles. The zero-order chi connectivity index (χ0) is 14.4. The highest BCUT2D eigenvalue weighted by atomic mass is 32.1. The third-order valence-corrected chi connectivity index (χ3v) is 4.78. The molecule has 0 unspecified atom stereocenters. The van der Waals surface area contributed by atoms with E-state index in [0.29, 0.717) is 12.3 Å². The van der Waals surface area contributed by atoms with Crippen molar-refractivity contribution in [3.05, 3.63) is 0 Å². The first-order valence-corrected chi connectivity index (χ1v) is 6.59. The van der Waals surface area contributed by atoms with Gasteiger partial charge in [0, 0.05) is 20.0 Å². The molecule has 7 heteroatoms. The van der Waals surface area contributed by atoms with Crippen LogP contribution in [0.2, 0.25) is 0 Å². The maximum atomic E-state index is 12.4. The molecule has 108 valence electrons. The Balaban J connectivity index is 2.27. The van der Waals surface area contributed by atoms with Gasteiger partial charge in [0.2, 0.25) is 0 Å². The molecule has 0 aromatic rings. The summed E-state index contributed by atoms with van der Waals surface area (Å²) in [5, 5.41) is 0. The van der Waals surface area contributed by atoms with Gasteiger partial charge in [0.25, 0.3) is 0 Å². The van der Waals surface area contributed by atoms with Gasteiger partial charge in [0.05, 0.1) is 0 Å². The van der Waals surface area contributed by atoms with E-state index in [1.54, 1.807) is 19.0 Å². The van der Waals surface area contributed by atoms with Crippen LogP contribution in [-0.2, 0) is 9.53 Å². The number of likely N-dealkylation sites (N-methyl/N-ethyl adjacent to an activating group) is 1. The van der Waals surface area contributed by atoms with Crippen molar-refractivity contribution >= 4 is 23.2 Å². The topological polar surface area (TPSA) is 29.5 Å². The van der Waals surface area contributed by atoms with Crippen molar-refractivity contribution in [2.24, 2.45) is 11.8 Å². The lowest BCUT2D eigenvalue weighted by molar-refractivity contribution is -0.212. The molecule has 2 bridgehead atoms. The van der Waals surface area contributed by atoms with E-state index in [4.69, 9.17) is 17.0 Å². The van der Waals surface area contributed by atoms with Crippen molar-refractivity contribution in [1.29, 1.82) is 0 Å². The molecule has 0 radical (unpaired) electrons. The molecule has 0 amide bonds. The van der Waals surface area contributed by atoms with Gasteiger partial charge in [-0.15, -0.1) is 0 Å². The van der Waals surface area contributed by atoms with Crippen LogP contribution in [-0.4, -0.2) is 41.7 Å². The van der Waals surface area contributed by atoms with Crippen LogP contribution in [0.3, 0.4) is 0 Å². The summed E-state index contributed by atoms with van der Waals surface area (Å²) in [5.74, 6) is -1.91. The molecular formula is C12H16F3NO2S. The predicted octanol–water partition coefficient (Wildman–Crippen LogP) is 2.54. The summed E-state index contributed by atoms with van der Waals surface area (Å²) < 4.78 is 42.2. The Hall–Kier alpha value is -0.850. The summed E-state index contributed by atoms with van der Waals surface area (Å²) in [5.41, 5.74) is -1.24. The molecule has 3 nitrogen and oxygen atoms in total. The predicted molar refractivity (Wildman–Crippen MR) is 66.6 cm³/mol. The highest BCUT2D eigenvalue weighted by molar-refractivity contribution is 7.80. The molecule has 0 aliphatic heterocycles. The number of nitrogens with zero attached hydrogens (tertiary/aromatic N) is 1. The number of hydrogen-bond acceptors (Lipinski definition) is 3. The van der Waals surface area contributed by atoms with E-state index >= 15 is 0 Å². The summed E-state index contributed by atoms with van der Waals surface area (Å²) in [6, 6.07) is 0. The number of thiocarbonyl (C=S) groups is 1. The molecule has 0 spiro atoms. The number of ether oxygens (including phenoxy) is 1. The fraction of sp³-hybridized carbons (Fsp3) is 0.833. The second kappa shape index (κ2) is 4.61. The van der Waals surface area contributed by atoms with Crippen LogP contribution in [0.5, 0.6) is 0 Å². The first kappa shape index (κ1) is 14.6. The van der Waals surface area contributed by atoms with Crippen LogP contribution in [0.15, 0.2) is 0 Å². The fourth-order valence-electron chi connectivity index (χ4n) is 3.31. The summed E-state index contributed by atoms with van der Waals surface area (Å²) in [6.45, 7) is 0. The number of hydrogen-bond donors (Lipinski definition) is 0. The third kappa shape index (κ3) is 2.44. The Morgan fingerprint density at radius 3 is 2.37 bits per heavy atom. The largest absolute Gasteiger partial charge is 0.490 e. The Morgan fingerprint density at radius 2 is 2.00 bits per heavy atom. The maximum absolute atomic E-state index is 12.4. The lowest BCUT2D eigenvalue weighted by Gasteiger charge is -2.40. The normalized spacial score (nSPS) is 33.3. The molecule has 3 atom stereocenters. The molecule has 2 rings (SSSR count). The van der Waals surface area contributed by atoms with Crippen LogP contribution in [0.25, 0.3) is 0 Å². The van der Waals surface area contributed by atoms with Crippen LogP contribution in [0, 0.1) is 11.8 Å². The van der Waals surface area contributed by atoms with E-state index in [-0.39, 0.29) is 10.9 Å². The van der Waals surface area contributed by atoms with Crippen molar-refractivity contribution < 1.29 is 22.7 Å². The van der Waals surface area contributed by atoms with Crippen LogP contribution in [0.4, 0.5) is 13.2 Å². The van der Waals surface area contributed by atoms with E-state index in [1.165, 1.54) is 0 Å². The number of fused-ring (bicyclic) bond motifs is 2. The standard InChI is InChI=1S/C12H16F3NO2S/c1-16(2)9(19)11(18-10(17)12(13,14)15)6-7-3-4-8(11)5-7/h7-8H,3-6H2,1-2H3/t7-,8+,11-/m0/s1. The van der Waals surface area contributed by atoms with Crippen LogP contribution in [0.1, 0.15) is 25.7 Å². The monoisotopic (exact) mass is 295 g/mol. The third-order valence-electron chi connectivity index (χ3n) is 4.07. The summed E-state index contributed by atoms with van der Waals surface area (Å²) >= 11 is 5.24. The number of carbonyl (C=O) groups excluding carboxylic acids is 1. The molecule has 2 aliphatic rings. The number of esters is 1. The van der Waals surface area contributed by atoms with Crippen molar-refractivity contribution in [2.45, 2.75) is 37.5 Å². The Bertz CT molecular complexity index is 410. The molecule has 0 aromatic carbocycles. The zero-order valence-corrected chi connectivity index (χ0v) is 11.6. The van der Waals surface area contributed by atoms with Crippen LogP contribution >= 0.6 is 12.2 Å². The van der Waals surface area contributed by atoms with Gasteiger partial charge in [-0.1, -0.05) is 12.2 Å². The quantitative estimate of drug-likeness (QED) is 0.578. The van der Waals surface area contributed by atoms with Gasteiger partial charge in [-0.25, -0.2) is 4.79 Å². The number of rotatable bonds is 2. The minimum absolute atomic E-state index is 0.0845. The maximum Gasteiger partial charge on any atom is 0.490 e. The minimum atomic E-state index is -4.98. The lowest BCUT2D eigenvalue weighted by Crippen LogP contribution is -2.53. The van der Waals surface area contributed by atoms with E-state index in [1.807, 2.05) is 0 Å². The van der Waals surface area contributed by atoms with Crippen molar-refractivity contribution in [3.63, 3.8) is 0 Å². The second-order valence-corrected chi connectivity index (χ2v) is 5.94. The number of halogens is 3. The van der Waals surface area contributed by atoms with Gasteiger partial charge in [-0.05, 0) is 31.6 Å². The van der Waals surface area contributed by atoms with Gasteiger partial charge in [-0.2, -0.15) is 13.2 Å². The Kier molecular flexibility index (Phi) is 3.53. The number of carbonyl (C=O) groups is 1.